The minimum absolute atomic E-state index is 0.0191. The number of hydrogen-bond donors (Lipinski definition) is 2. The predicted molar refractivity (Wildman–Crippen MR) is 45.1 cm³/mol. The Morgan fingerprint density at radius 1 is 1.21 bits per heavy atom. The highest BCUT2D eigenvalue weighted by molar-refractivity contribution is 6.28. The first kappa shape index (κ1) is 10.4. The molecule has 0 atom stereocenters. The van der Waals surface area contributed by atoms with Crippen molar-refractivity contribution in [3.05, 3.63) is 23.2 Å². The molecule has 0 aromatic carbocycles. The van der Waals surface area contributed by atoms with Crippen LogP contribution in [0.25, 0.3) is 0 Å². The Morgan fingerprint density at radius 3 is 2.00 bits per heavy atom. The molecule has 0 saturated heterocycles. The van der Waals surface area contributed by atoms with Crippen molar-refractivity contribution >= 4 is 23.5 Å². The van der Waals surface area contributed by atoms with Crippen LogP contribution in [0.1, 0.15) is 11.5 Å². The molecule has 1 aromatic heterocycles. The van der Waals surface area contributed by atoms with Crippen LogP contribution in [0.2, 0.25) is 5.28 Å². The number of halogens is 1. The summed E-state index contributed by atoms with van der Waals surface area (Å²) < 4.78 is 0. The fraction of sp³-hybridized carbons (Fsp3) is 0.143. The molecule has 0 aliphatic rings. The van der Waals surface area contributed by atoms with Gasteiger partial charge in [-0.25, -0.2) is 9.97 Å². The highest BCUT2D eigenvalue weighted by Gasteiger charge is 2.28. The molecule has 0 radical (unpaired) electrons. The average molecular weight is 217 g/mol. The zero-order chi connectivity index (χ0) is 10.7. The molecule has 0 unspecified atom stereocenters. The van der Waals surface area contributed by atoms with E-state index >= 15 is 0 Å². The lowest BCUT2D eigenvalue weighted by atomic mass is 10.0. The summed E-state index contributed by atoms with van der Waals surface area (Å²) in [5, 5.41) is 17.1. The fourth-order valence-corrected chi connectivity index (χ4v) is 0.960. The van der Waals surface area contributed by atoms with E-state index in [1.165, 1.54) is 0 Å². The third-order valence-corrected chi connectivity index (χ3v) is 1.66. The van der Waals surface area contributed by atoms with Gasteiger partial charge in [0, 0.05) is 18.0 Å². The molecule has 0 aliphatic carbocycles. The lowest BCUT2D eigenvalue weighted by Crippen LogP contribution is -2.21. The van der Waals surface area contributed by atoms with Crippen molar-refractivity contribution in [1.29, 1.82) is 0 Å². The van der Waals surface area contributed by atoms with Crippen molar-refractivity contribution in [3.63, 3.8) is 0 Å². The van der Waals surface area contributed by atoms with E-state index in [1.807, 2.05) is 0 Å². The van der Waals surface area contributed by atoms with Crippen molar-refractivity contribution in [2.24, 2.45) is 0 Å². The van der Waals surface area contributed by atoms with E-state index in [0.29, 0.717) is 0 Å². The minimum Gasteiger partial charge on any atom is -0.480 e. The average Bonchev–Trinajstić information content (AvgIpc) is 2.07. The predicted octanol–water partition coefficient (Wildman–Crippen LogP) is 0.383. The van der Waals surface area contributed by atoms with Crippen LogP contribution in [0.3, 0.4) is 0 Å². The summed E-state index contributed by atoms with van der Waals surface area (Å²) in [6.45, 7) is 0. The first-order valence-corrected chi connectivity index (χ1v) is 3.83. The summed E-state index contributed by atoms with van der Waals surface area (Å²) in [6, 6.07) is 0. The van der Waals surface area contributed by atoms with Crippen LogP contribution in [0.4, 0.5) is 0 Å². The van der Waals surface area contributed by atoms with Crippen LogP contribution in [-0.2, 0) is 9.59 Å². The smallest absolute Gasteiger partial charge is 0.322 e. The highest BCUT2D eigenvalue weighted by Crippen LogP contribution is 2.15. The summed E-state index contributed by atoms with van der Waals surface area (Å²) in [7, 11) is 0. The Labute approximate surface area is 83.2 Å². The van der Waals surface area contributed by atoms with E-state index in [2.05, 4.69) is 9.97 Å². The van der Waals surface area contributed by atoms with E-state index in [1.54, 1.807) is 0 Å². The standard InChI is InChI=1S/C7H5ClN2O4/c8-7-9-1-3(2-10-7)4(5(11)12)6(13)14/h1-2,4H,(H,11,12)(H,13,14). The molecule has 0 saturated carbocycles. The molecule has 0 fully saturated rings. The van der Waals surface area contributed by atoms with E-state index < -0.39 is 17.9 Å². The van der Waals surface area contributed by atoms with Crippen molar-refractivity contribution in [3.8, 4) is 0 Å². The molecule has 0 spiro atoms. The van der Waals surface area contributed by atoms with Gasteiger partial charge in [-0.2, -0.15) is 0 Å². The lowest BCUT2D eigenvalue weighted by Gasteiger charge is -2.05. The molecule has 7 heteroatoms. The number of nitrogens with zero attached hydrogens (tertiary/aromatic N) is 2. The van der Waals surface area contributed by atoms with Gasteiger partial charge in [-0.05, 0) is 11.6 Å². The molecule has 1 heterocycles. The normalized spacial score (nSPS) is 10.1. The molecule has 1 rings (SSSR count). The van der Waals surface area contributed by atoms with E-state index in [0.717, 1.165) is 12.4 Å². The van der Waals surface area contributed by atoms with E-state index in [9.17, 15) is 9.59 Å². The zero-order valence-corrected chi connectivity index (χ0v) is 7.47. The van der Waals surface area contributed by atoms with Crippen LogP contribution in [0, 0.1) is 0 Å². The van der Waals surface area contributed by atoms with Gasteiger partial charge in [-0.1, -0.05) is 0 Å². The number of carbonyl (C=O) groups is 2. The number of aromatic nitrogens is 2. The van der Waals surface area contributed by atoms with E-state index in [4.69, 9.17) is 21.8 Å². The molecule has 1 aromatic rings. The number of carboxylic acids is 2. The van der Waals surface area contributed by atoms with E-state index in [-0.39, 0.29) is 10.8 Å². The molecular formula is C7H5ClN2O4. The lowest BCUT2D eigenvalue weighted by molar-refractivity contribution is -0.150. The highest BCUT2D eigenvalue weighted by atomic mass is 35.5. The van der Waals surface area contributed by atoms with Gasteiger partial charge < -0.3 is 10.2 Å². The molecule has 0 bridgehead atoms. The zero-order valence-electron chi connectivity index (χ0n) is 6.72. The molecule has 6 nitrogen and oxygen atoms in total. The number of rotatable bonds is 3. The summed E-state index contributed by atoms with van der Waals surface area (Å²) in [4.78, 5) is 28.1. The van der Waals surface area contributed by atoms with Gasteiger partial charge in [0.1, 0.15) is 0 Å². The Kier molecular flexibility index (Phi) is 2.98. The maximum Gasteiger partial charge on any atom is 0.322 e. The van der Waals surface area contributed by atoms with Crippen LogP contribution in [0.5, 0.6) is 0 Å². The number of aliphatic carboxylic acids is 2. The van der Waals surface area contributed by atoms with Crippen LogP contribution >= 0.6 is 11.6 Å². The molecule has 0 aliphatic heterocycles. The first-order valence-electron chi connectivity index (χ1n) is 3.45. The van der Waals surface area contributed by atoms with Gasteiger partial charge in [0.05, 0.1) is 0 Å². The summed E-state index contributed by atoms with van der Waals surface area (Å²) in [5.41, 5.74) is -0.0191. The Morgan fingerprint density at radius 2 is 1.64 bits per heavy atom. The molecule has 0 amide bonds. The monoisotopic (exact) mass is 216 g/mol. The Hall–Kier alpha value is -1.69. The van der Waals surface area contributed by atoms with Gasteiger partial charge in [-0.15, -0.1) is 0 Å². The molecule has 74 valence electrons. The fourth-order valence-electron chi connectivity index (χ4n) is 0.862. The van der Waals surface area contributed by atoms with Gasteiger partial charge in [-0.3, -0.25) is 9.59 Å². The molecule has 2 N–H and O–H groups in total. The maximum atomic E-state index is 10.6. The van der Waals surface area contributed by atoms with Crippen LogP contribution < -0.4 is 0 Å². The summed E-state index contributed by atoms with van der Waals surface area (Å²) in [6.07, 6.45) is 2.14. The topological polar surface area (TPSA) is 100 Å². The second-order valence-corrected chi connectivity index (χ2v) is 2.73. The second kappa shape index (κ2) is 4.01. The first-order chi connectivity index (χ1) is 6.52. The van der Waals surface area contributed by atoms with Gasteiger partial charge in [0.15, 0.2) is 5.92 Å². The van der Waals surface area contributed by atoms with Crippen LogP contribution in [0.15, 0.2) is 12.4 Å². The van der Waals surface area contributed by atoms with Gasteiger partial charge in [0.2, 0.25) is 5.28 Å². The number of hydrogen-bond acceptors (Lipinski definition) is 4. The molecular weight excluding hydrogens is 212 g/mol. The van der Waals surface area contributed by atoms with Gasteiger partial charge >= 0.3 is 11.9 Å². The molecule has 14 heavy (non-hydrogen) atoms. The number of carboxylic acid groups (broad SMARTS) is 2. The Bertz CT molecular complexity index is 350. The summed E-state index contributed by atoms with van der Waals surface area (Å²) >= 11 is 5.36. The Balaban J connectivity index is 3.06. The van der Waals surface area contributed by atoms with Gasteiger partial charge in [0.25, 0.3) is 0 Å². The van der Waals surface area contributed by atoms with Crippen molar-refractivity contribution in [1.82, 2.24) is 9.97 Å². The second-order valence-electron chi connectivity index (χ2n) is 2.39. The third-order valence-electron chi connectivity index (χ3n) is 1.47. The largest absolute Gasteiger partial charge is 0.480 e. The minimum atomic E-state index is -1.66. The maximum absolute atomic E-state index is 10.6. The van der Waals surface area contributed by atoms with Crippen molar-refractivity contribution < 1.29 is 19.8 Å². The van der Waals surface area contributed by atoms with Crippen LogP contribution in [-0.4, -0.2) is 32.1 Å². The summed E-state index contributed by atoms with van der Waals surface area (Å²) in [5.74, 6) is -4.60. The van der Waals surface area contributed by atoms with Crippen molar-refractivity contribution in [2.75, 3.05) is 0 Å². The van der Waals surface area contributed by atoms with Crippen molar-refractivity contribution in [2.45, 2.75) is 5.92 Å². The third kappa shape index (κ3) is 2.17. The quantitative estimate of drug-likeness (QED) is 0.560. The SMILES string of the molecule is O=C(O)C(C(=O)O)c1cnc(Cl)nc1.